The first-order valence-corrected chi connectivity index (χ1v) is 8.09. The van der Waals surface area contributed by atoms with Gasteiger partial charge >= 0.3 is 0 Å². The summed E-state index contributed by atoms with van der Waals surface area (Å²) in [4.78, 5) is 11.6. The van der Waals surface area contributed by atoms with E-state index < -0.39 is 0 Å². The van der Waals surface area contributed by atoms with Crippen LogP contribution in [0.4, 0.5) is 5.82 Å². The molecule has 4 heteroatoms. The highest BCUT2D eigenvalue weighted by Gasteiger charge is 2.29. The van der Waals surface area contributed by atoms with E-state index in [1.807, 2.05) is 12.4 Å². The maximum absolute atomic E-state index is 4.65. The normalized spacial score (nSPS) is 27.0. The van der Waals surface area contributed by atoms with Crippen molar-refractivity contribution in [1.82, 2.24) is 15.3 Å². The molecule has 2 heterocycles. The summed E-state index contributed by atoms with van der Waals surface area (Å²) in [6, 6.07) is 0.536. The molecular formula is C17H30N4. The zero-order valence-electron chi connectivity index (χ0n) is 14.3. The summed E-state index contributed by atoms with van der Waals surface area (Å²) in [5.74, 6) is 2.44. The Labute approximate surface area is 129 Å². The van der Waals surface area contributed by atoms with Gasteiger partial charge in [0, 0.05) is 24.7 Å². The summed E-state index contributed by atoms with van der Waals surface area (Å²) >= 11 is 0. The Hall–Kier alpha value is -1.16. The first-order chi connectivity index (χ1) is 9.76. The minimum Gasteiger partial charge on any atom is -0.352 e. The number of anilines is 1. The lowest BCUT2D eigenvalue weighted by atomic mass is 9.86. The Morgan fingerprint density at radius 1 is 1.19 bits per heavy atom. The molecule has 0 bridgehead atoms. The van der Waals surface area contributed by atoms with E-state index in [0.717, 1.165) is 30.5 Å². The van der Waals surface area contributed by atoms with Gasteiger partial charge in [-0.05, 0) is 46.0 Å². The van der Waals surface area contributed by atoms with Crippen molar-refractivity contribution < 1.29 is 0 Å². The summed E-state index contributed by atoms with van der Waals surface area (Å²) in [6.45, 7) is 15.3. The predicted octanol–water partition coefficient (Wildman–Crippen LogP) is 3.24. The third-order valence-corrected chi connectivity index (χ3v) is 4.38. The molecule has 118 valence electrons. The van der Waals surface area contributed by atoms with E-state index in [2.05, 4.69) is 61.7 Å². The Morgan fingerprint density at radius 3 is 2.48 bits per heavy atom. The molecule has 2 rings (SSSR count). The highest BCUT2D eigenvalue weighted by atomic mass is 15.2. The molecule has 3 atom stereocenters. The molecule has 1 saturated heterocycles. The van der Waals surface area contributed by atoms with Crippen molar-refractivity contribution in [3.63, 3.8) is 0 Å². The lowest BCUT2D eigenvalue weighted by molar-refractivity contribution is 0.295. The minimum absolute atomic E-state index is 0.104. The fraction of sp³-hybridized carbons (Fsp3) is 0.765. The van der Waals surface area contributed by atoms with Crippen LogP contribution < -0.4 is 10.2 Å². The quantitative estimate of drug-likeness (QED) is 0.928. The van der Waals surface area contributed by atoms with Crippen LogP contribution in [0.5, 0.6) is 0 Å². The number of piperidine rings is 1. The van der Waals surface area contributed by atoms with E-state index in [-0.39, 0.29) is 5.54 Å². The van der Waals surface area contributed by atoms with Crippen LogP contribution in [0, 0.1) is 11.8 Å². The summed E-state index contributed by atoms with van der Waals surface area (Å²) in [5, 5.41) is 3.44. The van der Waals surface area contributed by atoms with Gasteiger partial charge in [0.2, 0.25) is 0 Å². The monoisotopic (exact) mass is 290 g/mol. The SMILES string of the molecule is CC1CC(C)C(C)N(c2cnc(CNC(C)(C)C)cn2)C1. The lowest BCUT2D eigenvalue weighted by Gasteiger charge is -2.41. The van der Waals surface area contributed by atoms with E-state index in [0.29, 0.717) is 12.0 Å². The van der Waals surface area contributed by atoms with E-state index >= 15 is 0 Å². The smallest absolute Gasteiger partial charge is 0.147 e. The van der Waals surface area contributed by atoms with Crippen molar-refractivity contribution in [2.24, 2.45) is 11.8 Å². The summed E-state index contributed by atoms with van der Waals surface area (Å²) in [5.41, 5.74) is 1.10. The van der Waals surface area contributed by atoms with Gasteiger partial charge in [-0.3, -0.25) is 4.98 Å². The second-order valence-electron chi connectivity index (χ2n) is 7.68. The zero-order chi connectivity index (χ0) is 15.6. The van der Waals surface area contributed by atoms with Gasteiger partial charge in [-0.25, -0.2) is 4.98 Å². The number of hydrogen-bond donors (Lipinski definition) is 1. The molecule has 3 unspecified atom stereocenters. The average Bonchev–Trinajstić information content (AvgIpc) is 2.40. The predicted molar refractivity (Wildman–Crippen MR) is 88.4 cm³/mol. The average molecular weight is 290 g/mol. The molecule has 4 nitrogen and oxygen atoms in total. The molecule has 1 fully saturated rings. The van der Waals surface area contributed by atoms with Gasteiger partial charge in [0.05, 0.1) is 18.1 Å². The van der Waals surface area contributed by atoms with Crippen molar-refractivity contribution in [3.05, 3.63) is 18.1 Å². The van der Waals surface area contributed by atoms with Crippen molar-refractivity contribution in [1.29, 1.82) is 0 Å². The van der Waals surface area contributed by atoms with E-state index in [4.69, 9.17) is 0 Å². The van der Waals surface area contributed by atoms with Crippen molar-refractivity contribution in [2.45, 2.75) is 66.1 Å². The molecule has 1 aromatic rings. The maximum Gasteiger partial charge on any atom is 0.147 e. The van der Waals surface area contributed by atoms with Gasteiger partial charge < -0.3 is 10.2 Å². The maximum atomic E-state index is 4.65. The second kappa shape index (κ2) is 6.30. The third kappa shape index (κ3) is 4.40. The van der Waals surface area contributed by atoms with Crippen LogP contribution in [0.25, 0.3) is 0 Å². The first kappa shape index (κ1) is 16.2. The Balaban J connectivity index is 2.04. The highest BCUT2D eigenvalue weighted by molar-refractivity contribution is 5.38. The van der Waals surface area contributed by atoms with Crippen LogP contribution in [0.15, 0.2) is 12.4 Å². The van der Waals surface area contributed by atoms with E-state index in [1.165, 1.54) is 6.42 Å². The van der Waals surface area contributed by atoms with Crippen molar-refractivity contribution in [2.75, 3.05) is 11.4 Å². The fourth-order valence-corrected chi connectivity index (χ4v) is 2.96. The van der Waals surface area contributed by atoms with E-state index in [9.17, 15) is 0 Å². The number of aromatic nitrogens is 2. The molecule has 0 radical (unpaired) electrons. The fourth-order valence-electron chi connectivity index (χ4n) is 2.96. The summed E-state index contributed by atoms with van der Waals surface area (Å²) < 4.78 is 0. The first-order valence-electron chi connectivity index (χ1n) is 8.09. The number of rotatable bonds is 3. The molecule has 0 amide bonds. The lowest BCUT2D eigenvalue weighted by Crippen LogP contribution is -2.46. The van der Waals surface area contributed by atoms with Crippen molar-refractivity contribution >= 4 is 5.82 Å². The van der Waals surface area contributed by atoms with Crippen LogP contribution in [-0.4, -0.2) is 28.1 Å². The number of nitrogens with zero attached hydrogens (tertiary/aromatic N) is 3. The van der Waals surface area contributed by atoms with Crippen LogP contribution in [-0.2, 0) is 6.54 Å². The van der Waals surface area contributed by atoms with Gasteiger partial charge in [-0.1, -0.05) is 13.8 Å². The third-order valence-electron chi connectivity index (χ3n) is 4.38. The molecule has 21 heavy (non-hydrogen) atoms. The van der Waals surface area contributed by atoms with Crippen LogP contribution >= 0.6 is 0 Å². The van der Waals surface area contributed by atoms with Crippen LogP contribution in [0.2, 0.25) is 0 Å². The van der Waals surface area contributed by atoms with Gasteiger partial charge in [0.15, 0.2) is 0 Å². The second-order valence-corrected chi connectivity index (χ2v) is 7.68. The largest absolute Gasteiger partial charge is 0.352 e. The number of nitrogens with one attached hydrogen (secondary N) is 1. The molecule has 1 N–H and O–H groups in total. The summed E-state index contributed by atoms with van der Waals surface area (Å²) in [6.07, 6.45) is 5.14. The van der Waals surface area contributed by atoms with Gasteiger partial charge in [0.1, 0.15) is 5.82 Å². The highest BCUT2D eigenvalue weighted by Crippen LogP contribution is 2.29. The molecule has 0 saturated carbocycles. The summed E-state index contributed by atoms with van der Waals surface area (Å²) in [7, 11) is 0. The molecule has 0 aromatic carbocycles. The van der Waals surface area contributed by atoms with Gasteiger partial charge in [-0.15, -0.1) is 0 Å². The molecule has 0 aliphatic carbocycles. The van der Waals surface area contributed by atoms with Crippen molar-refractivity contribution in [3.8, 4) is 0 Å². The minimum atomic E-state index is 0.104. The molecular weight excluding hydrogens is 260 g/mol. The Kier molecular flexibility index (Phi) is 4.87. The topological polar surface area (TPSA) is 41.1 Å². The van der Waals surface area contributed by atoms with Crippen LogP contribution in [0.3, 0.4) is 0 Å². The molecule has 1 aromatic heterocycles. The standard InChI is InChI=1S/C17H30N4/c1-12-7-13(2)14(3)21(11-12)16-10-18-15(8-19-16)9-20-17(4,5)6/h8,10,12-14,20H,7,9,11H2,1-6H3. The molecule has 1 aliphatic heterocycles. The van der Waals surface area contributed by atoms with Crippen LogP contribution in [0.1, 0.15) is 53.7 Å². The number of hydrogen-bond acceptors (Lipinski definition) is 4. The molecule has 0 spiro atoms. The zero-order valence-corrected chi connectivity index (χ0v) is 14.3. The Bertz CT molecular complexity index is 449. The van der Waals surface area contributed by atoms with Gasteiger partial charge in [-0.2, -0.15) is 0 Å². The molecule has 1 aliphatic rings. The van der Waals surface area contributed by atoms with Gasteiger partial charge in [0.25, 0.3) is 0 Å². The van der Waals surface area contributed by atoms with E-state index in [1.54, 1.807) is 0 Å². The Morgan fingerprint density at radius 2 is 1.90 bits per heavy atom.